The molecule has 2 heterocycles. The van der Waals surface area contributed by atoms with Gasteiger partial charge < -0.3 is 5.43 Å². The van der Waals surface area contributed by atoms with E-state index in [1.807, 2.05) is 18.2 Å². The predicted molar refractivity (Wildman–Crippen MR) is 87.2 cm³/mol. The lowest BCUT2D eigenvalue weighted by molar-refractivity contribution is 0.853. The van der Waals surface area contributed by atoms with Gasteiger partial charge in [-0.05, 0) is 17.9 Å². The second kappa shape index (κ2) is 4.79. The average molecular weight is 296 g/mol. The van der Waals surface area contributed by atoms with Crippen LogP contribution in [-0.4, -0.2) is 9.97 Å². The summed E-state index contributed by atoms with van der Waals surface area (Å²) in [6.07, 6.45) is 1.17. The Kier molecular flexibility index (Phi) is 2.90. The largest absolute Gasteiger partial charge is 0.308 e. The maximum Gasteiger partial charge on any atom is 0.153 e. The molecule has 4 rings (SSSR count). The van der Waals surface area contributed by atoms with Crippen molar-refractivity contribution in [1.29, 1.82) is 0 Å². The maximum absolute atomic E-state index is 5.71. The Balaban J connectivity index is 1.91. The number of aromatic nitrogens is 2. The van der Waals surface area contributed by atoms with Crippen molar-refractivity contribution in [2.24, 2.45) is 11.8 Å². The zero-order valence-electron chi connectivity index (χ0n) is 11.7. The number of hydrogen-bond donors (Lipinski definition) is 2. The molecule has 21 heavy (non-hydrogen) atoms. The molecule has 3 aromatic rings. The number of fused-ring (bicyclic) bond motifs is 1. The number of nitrogens with one attached hydrogen (secondary N) is 1. The van der Waals surface area contributed by atoms with Crippen LogP contribution in [-0.2, 0) is 0 Å². The van der Waals surface area contributed by atoms with Gasteiger partial charge in [0.1, 0.15) is 10.7 Å². The van der Waals surface area contributed by atoms with Crippen molar-refractivity contribution in [3.63, 3.8) is 0 Å². The average Bonchev–Trinajstić information content (AvgIpc) is 3.10. The minimum absolute atomic E-state index is 0.490. The third-order valence-corrected chi connectivity index (χ3v) is 4.99. The van der Waals surface area contributed by atoms with E-state index in [2.05, 4.69) is 34.8 Å². The minimum atomic E-state index is 0.490. The summed E-state index contributed by atoms with van der Waals surface area (Å²) in [6, 6.07) is 10.3. The number of thiophene rings is 1. The van der Waals surface area contributed by atoms with E-state index in [0.717, 1.165) is 33.0 Å². The summed E-state index contributed by atoms with van der Waals surface area (Å²) >= 11 is 1.65. The van der Waals surface area contributed by atoms with E-state index in [1.54, 1.807) is 11.3 Å². The second-order valence-electron chi connectivity index (χ2n) is 5.59. The molecule has 1 aliphatic rings. The number of nitrogens with two attached hydrogens (primary N) is 1. The highest BCUT2D eigenvalue weighted by Gasteiger charge is 2.37. The Morgan fingerprint density at radius 3 is 2.67 bits per heavy atom. The number of anilines is 1. The van der Waals surface area contributed by atoms with Gasteiger partial charge in [0.2, 0.25) is 0 Å². The van der Waals surface area contributed by atoms with E-state index < -0.39 is 0 Å². The lowest BCUT2D eigenvalue weighted by atomic mass is 10.1. The van der Waals surface area contributed by atoms with Gasteiger partial charge in [0, 0.05) is 16.9 Å². The molecule has 1 aromatic carbocycles. The highest BCUT2D eigenvalue weighted by Crippen LogP contribution is 2.47. The molecule has 1 aliphatic carbocycles. The Hall–Kier alpha value is -1.98. The summed E-state index contributed by atoms with van der Waals surface area (Å²) < 4.78 is 0. The van der Waals surface area contributed by atoms with Gasteiger partial charge in [-0.3, -0.25) is 0 Å². The summed E-state index contributed by atoms with van der Waals surface area (Å²) in [4.78, 5) is 10.4. The smallest absolute Gasteiger partial charge is 0.153 e. The van der Waals surface area contributed by atoms with E-state index >= 15 is 0 Å². The number of nitrogens with zero attached hydrogens (tertiary/aromatic N) is 2. The SMILES string of the molecule is CC1CC1c1nc(NN)c2c(-c3ccccc3)csc2n1. The molecule has 2 atom stereocenters. The summed E-state index contributed by atoms with van der Waals surface area (Å²) in [5.41, 5.74) is 5.06. The topological polar surface area (TPSA) is 63.8 Å². The van der Waals surface area contributed by atoms with Crippen LogP contribution in [0.3, 0.4) is 0 Å². The van der Waals surface area contributed by atoms with Crippen molar-refractivity contribution in [2.75, 3.05) is 5.43 Å². The number of hydrogen-bond acceptors (Lipinski definition) is 5. The molecule has 1 saturated carbocycles. The van der Waals surface area contributed by atoms with Crippen molar-refractivity contribution in [2.45, 2.75) is 19.3 Å². The van der Waals surface area contributed by atoms with Gasteiger partial charge in [0.05, 0.1) is 5.39 Å². The third-order valence-electron chi connectivity index (χ3n) is 4.11. The fourth-order valence-corrected chi connectivity index (χ4v) is 3.69. The Labute approximate surface area is 127 Å². The van der Waals surface area contributed by atoms with Gasteiger partial charge >= 0.3 is 0 Å². The van der Waals surface area contributed by atoms with E-state index in [9.17, 15) is 0 Å². The zero-order chi connectivity index (χ0) is 14.4. The molecule has 0 spiro atoms. The molecule has 0 saturated heterocycles. The van der Waals surface area contributed by atoms with Crippen molar-refractivity contribution in [3.05, 3.63) is 41.5 Å². The molecule has 0 amide bonds. The summed E-state index contributed by atoms with van der Waals surface area (Å²) in [5.74, 6) is 8.53. The van der Waals surface area contributed by atoms with E-state index in [1.165, 1.54) is 6.42 Å². The molecule has 3 N–H and O–H groups in total. The van der Waals surface area contributed by atoms with Crippen molar-refractivity contribution < 1.29 is 0 Å². The first-order chi connectivity index (χ1) is 10.3. The molecule has 0 aliphatic heterocycles. The number of nitrogen functional groups attached to an aromatic ring is 1. The van der Waals surface area contributed by atoms with Crippen molar-refractivity contribution in [3.8, 4) is 11.1 Å². The van der Waals surface area contributed by atoms with Gasteiger partial charge in [0.15, 0.2) is 5.82 Å². The van der Waals surface area contributed by atoms with Gasteiger partial charge in [-0.15, -0.1) is 11.3 Å². The molecule has 1 fully saturated rings. The van der Waals surface area contributed by atoms with Crippen molar-refractivity contribution >= 4 is 27.4 Å². The fourth-order valence-electron chi connectivity index (χ4n) is 2.74. The lowest BCUT2D eigenvalue weighted by Crippen LogP contribution is -2.11. The first-order valence-corrected chi connectivity index (χ1v) is 7.97. The number of benzene rings is 1. The standard InChI is InChI=1S/C16H16N4S/c1-9-7-11(9)14-18-15(20-17)13-12(8-21-16(13)19-14)10-5-3-2-4-6-10/h2-6,8-9,11H,7,17H2,1H3,(H,18,19,20). The summed E-state index contributed by atoms with van der Waals surface area (Å²) in [5, 5.41) is 3.15. The summed E-state index contributed by atoms with van der Waals surface area (Å²) in [7, 11) is 0. The molecule has 2 aromatic heterocycles. The van der Waals surface area contributed by atoms with Crippen LogP contribution < -0.4 is 11.3 Å². The zero-order valence-corrected chi connectivity index (χ0v) is 12.5. The monoisotopic (exact) mass is 296 g/mol. The molecule has 4 nitrogen and oxygen atoms in total. The van der Waals surface area contributed by atoms with Crippen LogP contribution in [0.25, 0.3) is 21.3 Å². The first-order valence-electron chi connectivity index (χ1n) is 7.09. The highest BCUT2D eigenvalue weighted by molar-refractivity contribution is 7.17. The van der Waals surface area contributed by atoms with Crippen LogP contribution in [0.15, 0.2) is 35.7 Å². The van der Waals surface area contributed by atoms with E-state index in [0.29, 0.717) is 11.8 Å². The molecular weight excluding hydrogens is 280 g/mol. The normalized spacial score (nSPS) is 20.7. The minimum Gasteiger partial charge on any atom is -0.308 e. The van der Waals surface area contributed by atoms with Gasteiger partial charge in [-0.25, -0.2) is 15.8 Å². The first kappa shape index (κ1) is 12.7. The van der Waals surface area contributed by atoms with Gasteiger partial charge in [-0.2, -0.15) is 0 Å². The van der Waals surface area contributed by atoms with Crippen LogP contribution >= 0.6 is 11.3 Å². The quantitative estimate of drug-likeness (QED) is 0.570. The van der Waals surface area contributed by atoms with Gasteiger partial charge in [-0.1, -0.05) is 37.3 Å². The molecule has 2 unspecified atom stereocenters. The van der Waals surface area contributed by atoms with E-state index in [-0.39, 0.29) is 0 Å². The molecular formula is C16H16N4S. The Morgan fingerprint density at radius 1 is 1.24 bits per heavy atom. The summed E-state index contributed by atoms with van der Waals surface area (Å²) in [6.45, 7) is 2.23. The molecule has 5 heteroatoms. The second-order valence-corrected chi connectivity index (χ2v) is 6.45. The fraction of sp³-hybridized carbons (Fsp3) is 0.250. The Morgan fingerprint density at radius 2 is 2.00 bits per heavy atom. The van der Waals surface area contributed by atoms with Crippen LogP contribution in [0, 0.1) is 5.92 Å². The lowest BCUT2D eigenvalue weighted by Gasteiger charge is -2.07. The van der Waals surface area contributed by atoms with Crippen molar-refractivity contribution in [1.82, 2.24) is 9.97 Å². The van der Waals surface area contributed by atoms with Crippen LogP contribution in [0.4, 0.5) is 5.82 Å². The molecule has 106 valence electrons. The van der Waals surface area contributed by atoms with Gasteiger partial charge in [0.25, 0.3) is 0 Å². The molecule has 0 radical (unpaired) electrons. The Bertz CT molecular complexity index is 797. The van der Waals surface area contributed by atoms with Crippen LogP contribution in [0.1, 0.15) is 25.1 Å². The number of hydrazine groups is 1. The molecule has 0 bridgehead atoms. The van der Waals surface area contributed by atoms with E-state index in [4.69, 9.17) is 10.8 Å². The predicted octanol–water partition coefficient (Wildman–Crippen LogP) is 3.77. The van der Waals surface area contributed by atoms with Crippen LogP contribution in [0.5, 0.6) is 0 Å². The number of rotatable bonds is 3. The third kappa shape index (κ3) is 2.09. The maximum atomic E-state index is 5.71. The van der Waals surface area contributed by atoms with Crippen LogP contribution in [0.2, 0.25) is 0 Å². The highest BCUT2D eigenvalue weighted by atomic mass is 32.1.